The summed E-state index contributed by atoms with van der Waals surface area (Å²) < 4.78 is 2.91. The van der Waals surface area contributed by atoms with Gasteiger partial charge in [0, 0.05) is 23.4 Å². The lowest BCUT2D eigenvalue weighted by atomic mass is 9.77. The minimum atomic E-state index is 0.147. The number of rotatable bonds is 6. The molecule has 0 saturated carbocycles. The van der Waals surface area contributed by atoms with Gasteiger partial charge in [0.15, 0.2) is 5.78 Å². The summed E-state index contributed by atoms with van der Waals surface area (Å²) in [6, 6.07) is 8.13. The summed E-state index contributed by atoms with van der Waals surface area (Å²) in [5, 5.41) is 4.46. The largest absolute Gasteiger partial charge is 0.350 e. The molecule has 0 saturated heterocycles. The average Bonchev–Trinajstić information content (AvgIpc) is 2.63. The van der Waals surface area contributed by atoms with Crippen molar-refractivity contribution in [2.45, 2.75) is 53.5 Å². The van der Waals surface area contributed by atoms with Crippen molar-refractivity contribution in [2.75, 3.05) is 5.75 Å². The van der Waals surface area contributed by atoms with E-state index in [9.17, 15) is 4.79 Å². The molecule has 0 radical (unpaired) electrons. The Labute approximate surface area is 174 Å². The van der Waals surface area contributed by atoms with E-state index in [1.807, 2.05) is 12.1 Å². The van der Waals surface area contributed by atoms with Gasteiger partial charge in [-0.15, -0.1) is 11.8 Å². The predicted molar refractivity (Wildman–Crippen MR) is 121 cm³/mol. The van der Waals surface area contributed by atoms with Gasteiger partial charge in [0.25, 0.3) is 0 Å². The number of hydrogen-bond acceptors (Lipinski definition) is 5. The molecule has 27 heavy (non-hydrogen) atoms. The molecule has 1 aromatic rings. The van der Waals surface area contributed by atoms with Crippen LogP contribution in [0.2, 0.25) is 0 Å². The number of nitrogens with one attached hydrogen (secondary N) is 2. The number of hydrogen-bond donors (Lipinski definition) is 3. The molecule has 0 aromatic heterocycles. The van der Waals surface area contributed by atoms with E-state index in [-0.39, 0.29) is 17.1 Å². The van der Waals surface area contributed by atoms with Crippen molar-refractivity contribution in [1.29, 1.82) is 0 Å². The third kappa shape index (κ3) is 6.16. The molecule has 0 fully saturated rings. The highest BCUT2D eigenvalue weighted by Crippen LogP contribution is 2.39. The van der Waals surface area contributed by atoms with Crippen LogP contribution in [0.5, 0.6) is 0 Å². The predicted octanol–water partition coefficient (Wildman–Crippen LogP) is 5.56. The molecule has 3 nitrogen and oxygen atoms in total. The Balaban J connectivity index is 2.37. The fourth-order valence-corrected chi connectivity index (χ4v) is 5.29. The van der Waals surface area contributed by atoms with E-state index in [1.165, 1.54) is 6.42 Å². The van der Waals surface area contributed by atoms with Gasteiger partial charge in [-0.3, -0.25) is 9.52 Å². The van der Waals surface area contributed by atoms with Gasteiger partial charge in [-0.05, 0) is 48.8 Å². The number of ketones is 1. The molecule has 1 aliphatic heterocycles. The first-order valence-electron chi connectivity index (χ1n) is 9.54. The standard InChI is InChI=1S/C22H32N2OS2/c1-15-13-22(4,5)11-8-12-27-21(20(15)17(3)25)24-16(2)19-10-7-6-9-18(19)14-23-26/h6-7,9-10,15,23-24,26H,2,8,11-14H2,1,3-5H3/b21-20+. The lowest BCUT2D eigenvalue weighted by Gasteiger charge is -2.28. The van der Waals surface area contributed by atoms with Crippen LogP contribution in [0.25, 0.3) is 5.70 Å². The van der Waals surface area contributed by atoms with Crippen LogP contribution >= 0.6 is 24.6 Å². The Morgan fingerprint density at radius 3 is 2.74 bits per heavy atom. The van der Waals surface area contributed by atoms with Crippen molar-refractivity contribution in [3.05, 3.63) is 52.6 Å². The number of carbonyl (C=O) groups is 1. The molecule has 1 aliphatic rings. The third-order valence-corrected chi connectivity index (χ3v) is 6.36. The van der Waals surface area contributed by atoms with E-state index in [4.69, 9.17) is 0 Å². The van der Waals surface area contributed by atoms with Gasteiger partial charge in [0.1, 0.15) is 0 Å². The van der Waals surface area contributed by atoms with Crippen LogP contribution in [0.15, 0.2) is 41.4 Å². The summed E-state index contributed by atoms with van der Waals surface area (Å²) >= 11 is 5.88. The highest BCUT2D eigenvalue weighted by molar-refractivity contribution is 8.03. The van der Waals surface area contributed by atoms with E-state index in [0.717, 1.165) is 46.0 Å². The Hall–Kier alpha value is -1.17. The van der Waals surface area contributed by atoms with Gasteiger partial charge in [0.2, 0.25) is 0 Å². The molecular weight excluding hydrogens is 372 g/mol. The number of Topliss-reactive ketones (excluding diaryl/α,β-unsaturated/α-hetero) is 1. The Morgan fingerprint density at radius 1 is 1.37 bits per heavy atom. The molecule has 0 bridgehead atoms. The van der Waals surface area contributed by atoms with Crippen LogP contribution in [-0.4, -0.2) is 11.5 Å². The van der Waals surface area contributed by atoms with E-state index < -0.39 is 0 Å². The van der Waals surface area contributed by atoms with Crippen LogP contribution in [0.4, 0.5) is 0 Å². The van der Waals surface area contributed by atoms with Gasteiger partial charge in [-0.1, -0.05) is 64.4 Å². The number of benzene rings is 1. The summed E-state index contributed by atoms with van der Waals surface area (Å²) in [5.41, 5.74) is 4.14. The first-order chi connectivity index (χ1) is 12.7. The Kier molecular flexibility index (Phi) is 8.07. The van der Waals surface area contributed by atoms with Crippen LogP contribution < -0.4 is 10.0 Å². The zero-order valence-corrected chi connectivity index (χ0v) is 18.6. The lowest BCUT2D eigenvalue weighted by Crippen LogP contribution is -2.22. The van der Waals surface area contributed by atoms with Gasteiger partial charge < -0.3 is 5.32 Å². The fourth-order valence-electron chi connectivity index (χ4n) is 3.93. The monoisotopic (exact) mass is 404 g/mol. The molecule has 2 rings (SSSR count). The van der Waals surface area contributed by atoms with E-state index in [1.54, 1.807) is 18.7 Å². The normalized spacial score (nSPS) is 23.1. The van der Waals surface area contributed by atoms with Gasteiger partial charge in [-0.25, -0.2) is 0 Å². The van der Waals surface area contributed by atoms with Crippen molar-refractivity contribution < 1.29 is 4.79 Å². The smallest absolute Gasteiger partial charge is 0.158 e. The first kappa shape index (κ1) is 22.1. The van der Waals surface area contributed by atoms with Gasteiger partial charge >= 0.3 is 0 Å². The number of thiol groups is 1. The minimum absolute atomic E-state index is 0.147. The highest BCUT2D eigenvalue weighted by Gasteiger charge is 2.28. The van der Waals surface area contributed by atoms with E-state index >= 15 is 0 Å². The van der Waals surface area contributed by atoms with Crippen molar-refractivity contribution in [3.8, 4) is 0 Å². The maximum Gasteiger partial charge on any atom is 0.158 e. The molecule has 0 aliphatic carbocycles. The Bertz CT molecular complexity index is 725. The van der Waals surface area contributed by atoms with Crippen molar-refractivity contribution in [3.63, 3.8) is 0 Å². The maximum absolute atomic E-state index is 12.5. The maximum atomic E-state index is 12.5. The number of allylic oxidation sites excluding steroid dienone is 1. The lowest BCUT2D eigenvalue weighted by molar-refractivity contribution is -0.114. The molecule has 0 amide bonds. The second kappa shape index (κ2) is 9.85. The molecule has 1 aromatic carbocycles. The van der Waals surface area contributed by atoms with Crippen LogP contribution in [0.3, 0.4) is 0 Å². The van der Waals surface area contributed by atoms with Crippen molar-refractivity contribution in [2.24, 2.45) is 11.3 Å². The quantitative estimate of drug-likeness (QED) is 0.543. The summed E-state index contributed by atoms with van der Waals surface area (Å²) in [6.45, 7) is 13.4. The van der Waals surface area contributed by atoms with Crippen LogP contribution in [-0.2, 0) is 11.3 Å². The van der Waals surface area contributed by atoms with Gasteiger partial charge in [-0.2, -0.15) is 0 Å². The first-order valence-corrected chi connectivity index (χ1v) is 11.0. The molecular formula is C22H32N2OS2. The minimum Gasteiger partial charge on any atom is -0.350 e. The molecule has 0 spiro atoms. The van der Waals surface area contributed by atoms with Crippen LogP contribution in [0, 0.1) is 11.3 Å². The van der Waals surface area contributed by atoms with E-state index in [2.05, 4.69) is 62.3 Å². The van der Waals surface area contributed by atoms with Gasteiger partial charge in [0.05, 0.1) is 5.03 Å². The summed E-state index contributed by atoms with van der Waals surface area (Å²) in [7, 11) is 0. The Morgan fingerprint density at radius 2 is 2.07 bits per heavy atom. The summed E-state index contributed by atoms with van der Waals surface area (Å²) in [4.78, 5) is 12.5. The zero-order valence-electron chi connectivity index (χ0n) is 16.9. The summed E-state index contributed by atoms with van der Waals surface area (Å²) in [5.74, 6) is 1.36. The summed E-state index contributed by atoms with van der Waals surface area (Å²) in [6.07, 6.45) is 3.34. The second-order valence-electron chi connectivity index (χ2n) is 8.12. The molecule has 148 valence electrons. The highest BCUT2D eigenvalue weighted by atomic mass is 32.2. The SMILES string of the molecule is C=C(N/C1=C(\C(C)=O)C(C)CC(C)(C)CCCS1)c1ccccc1CNS. The van der Waals surface area contributed by atoms with Crippen LogP contribution in [0.1, 0.15) is 58.1 Å². The van der Waals surface area contributed by atoms with Crippen molar-refractivity contribution >= 4 is 36.1 Å². The second-order valence-corrected chi connectivity index (χ2v) is 9.54. The fraction of sp³-hybridized carbons (Fsp3) is 0.500. The molecule has 1 heterocycles. The topological polar surface area (TPSA) is 41.1 Å². The molecule has 1 atom stereocenters. The third-order valence-electron chi connectivity index (χ3n) is 5.10. The molecule has 1 unspecified atom stereocenters. The average molecular weight is 405 g/mol. The van der Waals surface area contributed by atoms with Crippen molar-refractivity contribution in [1.82, 2.24) is 10.0 Å². The molecule has 2 N–H and O–H groups in total. The number of carbonyl (C=O) groups excluding carboxylic acids is 1. The molecule has 5 heteroatoms. The van der Waals surface area contributed by atoms with E-state index in [0.29, 0.717) is 6.54 Å². The number of thioether (sulfide) groups is 1. The zero-order chi connectivity index (χ0) is 20.0.